The Balaban J connectivity index is 1.94. The van der Waals surface area contributed by atoms with Crippen molar-refractivity contribution in [3.63, 3.8) is 0 Å². The van der Waals surface area contributed by atoms with Crippen LogP contribution < -0.4 is 5.32 Å². The molecular weight excluding hydrogens is 398 g/mol. The number of nitrogens with one attached hydrogen (secondary N) is 1. The molecule has 1 atom stereocenters. The molecule has 1 aliphatic rings. The first-order valence-corrected chi connectivity index (χ1v) is 11.2. The number of sulfone groups is 1. The lowest BCUT2D eigenvalue weighted by Crippen LogP contribution is -2.51. The molecule has 0 heterocycles. The zero-order valence-corrected chi connectivity index (χ0v) is 16.6. The van der Waals surface area contributed by atoms with Crippen LogP contribution in [-0.4, -0.2) is 37.1 Å². The normalized spacial score (nSPS) is 18.6. The van der Waals surface area contributed by atoms with Gasteiger partial charge in [-0.25, -0.2) is 8.42 Å². The van der Waals surface area contributed by atoms with Gasteiger partial charge in [0.05, 0.1) is 0 Å². The number of carbonyl (C=O) groups excluding carboxylic acids is 1. The number of hydrogen-bond acceptors (Lipinski definition) is 4. The molecule has 0 aromatic heterocycles. The van der Waals surface area contributed by atoms with Gasteiger partial charge in [-0.05, 0) is 37.1 Å². The maximum atomic E-state index is 12.5. The molecule has 0 saturated heterocycles. The van der Waals surface area contributed by atoms with Gasteiger partial charge in [0.15, 0.2) is 9.84 Å². The zero-order valence-electron chi connectivity index (χ0n) is 13.3. The molecule has 0 spiro atoms. The van der Waals surface area contributed by atoms with Crippen LogP contribution in [0.2, 0.25) is 0 Å². The third-order valence-electron chi connectivity index (χ3n) is 4.24. The molecule has 23 heavy (non-hydrogen) atoms. The third kappa shape index (κ3) is 4.51. The van der Waals surface area contributed by atoms with Gasteiger partial charge in [-0.15, -0.1) is 11.8 Å². The van der Waals surface area contributed by atoms with Crippen molar-refractivity contribution in [3.8, 4) is 0 Å². The second kappa shape index (κ2) is 7.57. The van der Waals surface area contributed by atoms with E-state index in [0.29, 0.717) is 19.4 Å². The highest BCUT2D eigenvalue weighted by Gasteiger charge is 2.49. The van der Waals surface area contributed by atoms with Crippen molar-refractivity contribution >= 4 is 43.4 Å². The number of amides is 1. The lowest BCUT2D eigenvalue weighted by atomic mass is 10.1. The molecule has 1 aliphatic carbocycles. The third-order valence-corrected chi connectivity index (χ3v) is 7.89. The summed E-state index contributed by atoms with van der Waals surface area (Å²) < 4.78 is 24.0. The van der Waals surface area contributed by atoms with Gasteiger partial charge in [0.25, 0.3) is 0 Å². The highest BCUT2D eigenvalue weighted by molar-refractivity contribution is 9.10. The first-order valence-electron chi connectivity index (χ1n) is 7.65. The summed E-state index contributed by atoms with van der Waals surface area (Å²) in [5.74, 6) is -0.333. The molecule has 1 N–H and O–H groups in total. The number of hydrogen-bond donors (Lipinski definition) is 1. The molecule has 1 unspecified atom stereocenters. The molecule has 1 saturated carbocycles. The van der Waals surface area contributed by atoms with Gasteiger partial charge >= 0.3 is 0 Å². The predicted octanol–water partition coefficient (Wildman–Crippen LogP) is 3.40. The van der Waals surface area contributed by atoms with E-state index in [-0.39, 0.29) is 11.2 Å². The lowest BCUT2D eigenvalue weighted by Gasteiger charge is -2.26. The number of carbonyl (C=O) groups is 1. The van der Waals surface area contributed by atoms with Crippen molar-refractivity contribution in [1.29, 1.82) is 0 Å². The van der Waals surface area contributed by atoms with Crippen molar-refractivity contribution < 1.29 is 13.2 Å². The molecule has 1 aromatic rings. The molecule has 0 bridgehead atoms. The van der Waals surface area contributed by atoms with E-state index in [9.17, 15) is 13.2 Å². The standard InChI is InChI=1S/C16H22BrNO3S2/c1-12(22-14-7-5-13(17)6-8-14)11-18-15(19)16(23(2,20)21)9-3-4-10-16/h5-8,12H,3-4,9-11H2,1-2H3,(H,18,19). The van der Waals surface area contributed by atoms with Gasteiger partial charge in [0.2, 0.25) is 5.91 Å². The highest BCUT2D eigenvalue weighted by atomic mass is 79.9. The van der Waals surface area contributed by atoms with E-state index < -0.39 is 14.6 Å². The van der Waals surface area contributed by atoms with Crippen molar-refractivity contribution in [3.05, 3.63) is 28.7 Å². The van der Waals surface area contributed by atoms with E-state index in [0.717, 1.165) is 22.2 Å². The summed E-state index contributed by atoms with van der Waals surface area (Å²) >= 11 is 5.06. The van der Waals surface area contributed by atoms with Crippen molar-refractivity contribution in [1.82, 2.24) is 5.32 Å². The van der Waals surface area contributed by atoms with Crippen molar-refractivity contribution in [2.24, 2.45) is 0 Å². The van der Waals surface area contributed by atoms with E-state index in [2.05, 4.69) is 21.2 Å². The topological polar surface area (TPSA) is 63.2 Å². The van der Waals surface area contributed by atoms with Crippen LogP contribution in [0.4, 0.5) is 0 Å². The molecule has 0 aliphatic heterocycles. The second-order valence-electron chi connectivity index (χ2n) is 6.07. The summed E-state index contributed by atoms with van der Waals surface area (Å²) in [6, 6.07) is 7.99. The molecular formula is C16H22BrNO3S2. The Morgan fingerprint density at radius 2 is 1.87 bits per heavy atom. The SMILES string of the molecule is CC(CNC(=O)C1(S(C)(=O)=O)CCCC1)Sc1ccc(Br)cc1. The molecule has 4 nitrogen and oxygen atoms in total. The van der Waals surface area contributed by atoms with Crippen LogP contribution in [-0.2, 0) is 14.6 Å². The van der Waals surface area contributed by atoms with Gasteiger partial charge in [0.1, 0.15) is 4.75 Å². The first-order chi connectivity index (χ1) is 10.7. The van der Waals surface area contributed by atoms with Crippen LogP contribution in [0.5, 0.6) is 0 Å². The number of halogens is 1. The average molecular weight is 420 g/mol. The number of benzene rings is 1. The summed E-state index contributed by atoms with van der Waals surface area (Å²) in [5, 5.41) is 3.02. The summed E-state index contributed by atoms with van der Waals surface area (Å²) in [5.41, 5.74) is 0. The monoisotopic (exact) mass is 419 g/mol. The van der Waals surface area contributed by atoms with Gasteiger partial charge in [0, 0.05) is 27.4 Å². The van der Waals surface area contributed by atoms with Crippen molar-refractivity contribution in [2.45, 2.75) is 47.5 Å². The van der Waals surface area contributed by atoms with E-state index >= 15 is 0 Å². The predicted molar refractivity (Wildman–Crippen MR) is 98.5 cm³/mol. The van der Waals surface area contributed by atoms with Crippen LogP contribution >= 0.6 is 27.7 Å². The van der Waals surface area contributed by atoms with Gasteiger partial charge in [-0.1, -0.05) is 35.7 Å². The Hall–Kier alpha value is -0.530. The molecule has 1 amide bonds. The van der Waals surface area contributed by atoms with Crippen LogP contribution in [0.1, 0.15) is 32.6 Å². The minimum absolute atomic E-state index is 0.165. The average Bonchev–Trinajstić information content (AvgIpc) is 2.98. The van der Waals surface area contributed by atoms with Crippen LogP contribution in [0, 0.1) is 0 Å². The first kappa shape index (κ1) is 18.8. The molecule has 0 radical (unpaired) electrons. The van der Waals surface area contributed by atoms with Crippen LogP contribution in [0.25, 0.3) is 0 Å². The Kier molecular flexibility index (Phi) is 6.19. The molecule has 2 rings (SSSR count). The van der Waals surface area contributed by atoms with Gasteiger partial charge in [-0.2, -0.15) is 0 Å². The van der Waals surface area contributed by atoms with E-state index in [4.69, 9.17) is 0 Å². The Morgan fingerprint density at radius 3 is 2.39 bits per heavy atom. The van der Waals surface area contributed by atoms with Gasteiger partial charge < -0.3 is 5.32 Å². The molecule has 1 fully saturated rings. The zero-order chi connectivity index (χ0) is 17.1. The highest BCUT2D eigenvalue weighted by Crippen LogP contribution is 2.36. The van der Waals surface area contributed by atoms with E-state index in [1.165, 1.54) is 6.26 Å². The number of rotatable bonds is 6. The summed E-state index contributed by atoms with van der Waals surface area (Å²) in [7, 11) is -3.40. The Morgan fingerprint density at radius 1 is 1.30 bits per heavy atom. The minimum Gasteiger partial charge on any atom is -0.354 e. The van der Waals surface area contributed by atoms with Gasteiger partial charge in [-0.3, -0.25) is 4.79 Å². The van der Waals surface area contributed by atoms with Crippen molar-refractivity contribution in [2.75, 3.05) is 12.8 Å². The summed E-state index contributed by atoms with van der Waals surface area (Å²) in [6.07, 6.45) is 3.64. The quantitative estimate of drug-likeness (QED) is 0.717. The second-order valence-corrected chi connectivity index (χ2v) is 10.8. The fourth-order valence-corrected chi connectivity index (χ4v) is 5.53. The molecule has 128 valence electrons. The smallest absolute Gasteiger partial charge is 0.241 e. The largest absolute Gasteiger partial charge is 0.354 e. The van der Waals surface area contributed by atoms with Crippen LogP contribution in [0.15, 0.2) is 33.6 Å². The number of thioether (sulfide) groups is 1. The minimum atomic E-state index is -3.40. The maximum absolute atomic E-state index is 12.5. The van der Waals surface area contributed by atoms with Crippen LogP contribution in [0.3, 0.4) is 0 Å². The van der Waals surface area contributed by atoms with E-state index in [1.807, 2.05) is 31.2 Å². The lowest BCUT2D eigenvalue weighted by molar-refractivity contribution is -0.123. The molecule has 7 heteroatoms. The summed E-state index contributed by atoms with van der Waals surface area (Å²) in [4.78, 5) is 13.6. The molecule has 1 aromatic carbocycles. The van der Waals surface area contributed by atoms with E-state index in [1.54, 1.807) is 11.8 Å². The maximum Gasteiger partial charge on any atom is 0.241 e. The fourth-order valence-electron chi connectivity index (χ4n) is 2.90. The Bertz CT molecular complexity index is 652. The Labute approximate surface area is 150 Å². The fraction of sp³-hybridized carbons (Fsp3) is 0.562. The summed E-state index contributed by atoms with van der Waals surface area (Å²) in [6.45, 7) is 2.48.